The van der Waals surface area contributed by atoms with Crippen molar-refractivity contribution in [3.05, 3.63) is 55.9 Å². The standard InChI is InChI=1S/C14H13NO4S/c1-8-5-11(16)13(18)12(17)6-10(8)14(19)15-7-9-3-2-4-20-9/h2-6H,7H2,1H3,(H,15,19)(H2,16,17,18). The molecule has 1 amide bonds. The van der Waals surface area contributed by atoms with E-state index in [2.05, 4.69) is 5.32 Å². The maximum Gasteiger partial charge on any atom is 0.261 e. The third-order valence-electron chi connectivity index (χ3n) is 2.77. The molecule has 1 heterocycles. The minimum atomic E-state index is -0.898. The van der Waals surface area contributed by atoms with Crippen molar-refractivity contribution >= 4 is 17.2 Å². The van der Waals surface area contributed by atoms with E-state index in [1.807, 2.05) is 17.5 Å². The molecule has 0 aliphatic rings. The zero-order valence-electron chi connectivity index (χ0n) is 10.7. The van der Waals surface area contributed by atoms with E-state index < -0.39 is 22.8 Å². The number of carbonyl (C=O) groups is 1. The highest BCUT2D eigenvalue weighted by molar-refractivity contribution is 7.09. The summed E-state index contributed by atoms with van der Waals surface area (Å²) < 4.78 is 0. The van der Waals surface area contributed by atoms with Gasteiger partial charge in [0.05, 0.1) is 6.54 Å². The molecule has 0 saturated carbocycles. The molecule has 0 spiro atoms. The van der Waals surface area contributed by atoms with Crippen LogP contribution >= 0.6 is 11.3 Å². The third kappa shape index (κ3) is 2.97. The SMILES string of the molecule is Cc1cc(O)c(=O)c(O)cc1C(=O)NCc1cccs1. The molecule has 0 bridgehead atoms. The van der Waals surface area contributed by atoms with Gasteiger partial charge in [0.25, 0.3) is 11.3 Å². The highest BCUT2D eigenvalue weighted by Crippen LogP contribution is 2.16. The molecule has 2 rings (SSSR count). The van der Waals surface area contributed by atoms with Crippen molar-refractivity contribution in [3.63, 3.8) is 0 Å². The van der Waals surface area contributed by atoms with E-state index >= 15 is 0 Å². The Bertz CT molecular complexity index is 695. The lowest BCUT2D eigenvalue weighted by Crippen LogP contribution is -2.22. The molecule has 1 aromatic heterocycles. The van der Waals surface area contributed by atoms with E-state index in [0.717, 1.165) is 10.9 Å². The van der Waals surface area contributed by atoms with Gasteiger partial charge in [0.2, 0.25) is 0 Å². The molecule has 0 radical (unpaired) electrons. The Morgan fingerprint density at radius 2 is 2.00 bits per heavy atom. The van der Waals surface area contributed by atoms with E-state index in [1.165, 1.54) is 17.4 Å². The smallest absolute Gasteiger partial charge is 0.261 e. The lowest BCUT2D eigenvalue weighted by atomic mass is 10.1. The third-order valence-corrected chi connectivity index (χ3v) is 3.65. The average molecular weight is 291 g/mol. The molecule has 1 aromatic carbocycles. The van der Waals surface area contributed by atoms with Crippen LogP contribution in [0.2, 0.25) is 0 Å². The Hall–Kier alpha value is -2.34. The normalized spacial score (nSPS) is 10.2. The molecule has 3 N–H and O–H groups in total. The molecule has 2 aromatic rings. The zero-order valence-corrected chi connectivity index (χ0v) is 11.5. The van der Waals surface area contributed by atoms with Gasteiger partial charge in [-0.2, -0.15) is 0 Å². The first-order valence-electron chi connectivity index (χ1n) is 5.86. The molecule has 0 fully saturated rings. The number of rotatable bonds is 3. The molecule has 0 atom stereocenters. The van der Waals surface area contributed by atoms with Gasteiger partial charge in [0, 0.05) is 10.4 Å². The molecule has 0 aliphatic carbocycles. The number of nitrogens with one attached hydrogen (secondary N) is 1. The summed E-state index contributed by atoms with van der Waals surface area (Å²) in [7, 11) is 0. The van der Waals surface area contributed by atoms with Crippen molar-refractivity contribution in [2.75, 3.05) is 0 Å². The van der Waals surface area contributed by atoms with Crippen LogP contribution in [0.5, 0.6) is 11.5 Å². The fraction of sp³-hybridized carbons (Fsp3) is 0.143. The Morgan fingerprint density at radius 3 is 2.65 bits per heavy atom. The van der Waals surface area contributed by atoms with Gasteiger partial charge in [0.1, 0.15) is 0 Å². The Kier molecular flexibility index (Phi) is 4.05. The first kappa shape index (κ1) is 14.1. The first-order valence-corrected chi connectivity index (χ1v) is 6.74. The number of hydrogen-bond acceptors (Lipinski definition) is 5. The van der Waals surface area contributed by atoms with Gasteiger partial charge in [-0.15, -0.1) is 11.3 Å². The van der Waals surface area contributed by atoms with Crippen molar-refractivity contribution in [3.8, 4) is 11.5 Å². The molecular weight excluding hydrogens is 278 g/mol. The van der Waals surface area contributed by atoms with E-state index in [0.29, 0.717) is 12.1 Å². The summed E-state index contributed by atoms with van der Waals surface area (Å²) in [5.41, 5.74) is -0.342. The monoisotopic (exact) mass is 291 g/mol. The average Bonchev–Trinajstić information content (AvgIpc) is 2.90. The molecular formula is C14H13NO4S. The van der Waals surface area contributed by atoms with E-state index in [9.17, 15) is 19.8 Å². The number of aryl methyl sites for hydroxylation is 1. The fourth-order valence-corrected chi connectivity index (χ4v) is 2.36. The second-order valence-electron chi connectivity index (χ2n) is 4.25. The van der Waals surface area contributed by atoms with Crippen LogP contribution in [0.3, 0.4) is 0 Å². The van der Waals surface area contributed by atoms with Crippen LogP contribution in [0.25, 0.3) is 0 Å². The van der Waals surface area contributed by atoms with Gasteiger partial charge in [-0.1, -0.05) is 6.07 Å². The maximum atomic E-state index is 12.1. The molecule has 0 aliphatic heterocycles. The van der Waals surface area contributed by atoms with Crippen LogP contribution in [-0.4, -0.2) is 16.1 Å². The second-order valence-corrected chi connectivity index (χ2v) is 5.28. The topological polar surface area (TPSA) is 86.6 Å². The number of thiophene rings is 1. The highest BCUT2D eigenvalue weighted by atomic mass is 32.1. The zero-order chi connectivity index (χ0) is 14.7. The Labute approximate surface area is 119 Å². The summed E-state index contributed by atoms with van der Waals surface area (Å²) >= 11 is 1.52. The van der Waals surface area contributed by atoms with Gasteiger partial charge < -0.3 is 15.5 Å². The lowest BCUT2D eigenvalue weighted by molar-refractivity contribution is 0.0950. The van der Waals surface area contributed by atoms with E-state index in [4.69, 9.17) is 0 Å². The van der Waals surface area contributed by atoms with Crippen LogP contribution in [0, 0.1) is 6.92 Å². The van der Waals surface area contributed by atoms with Crippen LogP contribution in [-0.2, 0) is 6.54 Å². The summed E-state index contributed by atoms with van der Waals surface area (Å²) in [6, 6.07) is 6.01. The molecule has 0 unspecified atom stereocenters. The van der Waals surface area contributed by atoms with Crippen molar-refractivity contribution in [2.45, 2.75) is 13.5 Å². The van der Waals surface area contributed by atoms with Crippen molar-refractivity contribution in [1.29, 1.82) is 0 Å². The van der Waals surface area contributed by atoms with Crippen molar-refractivity contribution in [1.82, 2.24) is 5.32 Å². The fourth-order valence-electron chi connectivity index (χ4n) is 1.72. The second kappa shape index (κ2) is 5.75. The summed E-state index contributed by atoms with van der Waals surface area (Å²) in [5, 5.41) is 23.5. The predicted molar refractivity (Wildman–Crippen MR) is 76.3 cm³/mol. The van der Waals surface area contributed by atoms with E-state index in [-0.39, 0.29) is 5.56 Å². The number of amides is 1. The largest absolute Gasteiger partial charge is 0.504 e. The van der Waals surface area contributed by atoms with Gasteiger partial charge >= 0.3 is 0 Å². The molecule has 6 heteroatoms. The van der Waals surface area contributed by atoms with E-state index in [1.54, 1.807) is 6.92 Å². The maximum absolute atomic E-state index is 12.1. The summed E-state index contributed by atoms with van der Waals surface area (Å²) in [5.74, 6) is -1.66. The number of hydrogen-bond donors (Lipinski definition) is 3. The minimum Gasteiger partial charge on any atom is -0.504 e. The highest BCUT2D eigenvalue weighted by Gasteiger charge is 2.12. The van der Waals surface area contributed by atoms with Crippen molar-refractivity contribution < 1.29 is 15.0 Å². The Morgan fingerprint density at radius 1 is 1.30 bits per heavy atom. The molecule has 20 heavy (non-hydrogen) atoms. The van der Waals surface area contributed by atoms with Gasteiger partial charge in [-0.3, -0.25) is 9.59 Å². The first-order chi connectivity index (χ1) is 9.49. The molecule has 0 saturated heterocycles. The van der Waals surface area contributed by atoms with Gasteiger partial charge in [-0.25, -0.2) is 0 Å². The quantitative estimate of drug-likeness (QED) is 0.804. The Balaban J connectivity index is 2.28. The van der Waals surface area contributed by atoms with Crippen LogP contribution in [0.15, 0.2) is 34.4 Å². The summed E-state index contributed by atoms with van der Waals surface area (Å²) in [4.78, 5) is 24.5. The lowest BCUT2D eigenvalue weighted by Gasteiger charge is -2.04. The minimum absolute atomic E-state index is 0.149. The van der Waals surface area contributed by atoms with Crippen LogP contribution < -0.4 is 10.7 Å². The van der Waals surface area contributed by atoms with Crippen LogP contribution in [0.4, 0.5) is 0 Å². The van der Waals surface area contributed by atoms with Gasteiger partial charge in [0.15, 0.2) is 11.5 Å². The van der Waals surface area contributed by atoms with Crippen LogP contribution in [0.1, 0.15) is 20.8 Å². The predicted octanol–water partition coefficient (Wildman–Crippen LogP) is 1.76. The molecule has 5 nitrogen and oxygen atoms in total. The van der Waals surface area contributed by atoms with Gasteiger partial charge in [-0.05, 0) is 36.1 Å². The number of aromatic hydroxyl groups is 2. The van der Waals surface area contributed by atoms with Crippen molar-refractivity contribution in [2.24, 2.45) is 0 Å². The summed E-state index contributed by atoms with van der Waals surface area (Å²) in [6.07, 6.45) is 0. The molecule has 104 valence electrons. The summed E-state index contributed by atoms with van der Waals surface area (Å²) in [6.45, 7) is 1.95. The number of carbonyl (C=O) groups excluding carboxylic acids is 1.